The topological polar surface area (TPSA) is 7.65 Å². The molecule has 0 saturated heterocycles. The molecule has 0 bridgehead atoms. The smallest absolute Gasteiger partial charge is 0.0714 e. The maximum Gasteiger partial charge on any atom is 0.0714 e. The number of benzene rings is 8. The van der Waals surface area contributed by atoms with Gasteiger partial charge in [-0.25, -0.2) is 0 Å². The van der Waals surface area contributed by atoms with E-state index in [-0.39, 0.29) is 0 Å². The number of fused-ring (bicyclic) bond motifs is 8. The van der Waals surface area contributed by atoms with Crippen LogP contribution in [0.15, 0.2) is 225 Å². The van der Waals surface area contributed by atoms with Crippen molar-refractivity contribution in [2.45, 2.75) is 18.8 Å². The van der Waals surface area contributed by atoms with Gasteiger partial charge in [-0.1, -0.05) is 188 Å². The van der Waals surface area contributed by atoms with Gasteiger partial charge in [0.05, 0.1) is 16.4 Å². The minimum Gasteiger partial charge on any atom is -0.315 e. The number of nitrogens with zero attached hydrogens (tertiary/aromatic N) is 2. The average Bonchev–Trinajstić information content (AvgIpc) is 3.71. The molecule has 0 saturated carbocycles. The van der Waals surface area contributed by atoms with E-state index in [0.717, 1.165) is 23.5 Å². The van der Waals surface area contributed by atoms with Gasteiger partial charge in [-0.2, -0.15) is 0 Å². The summed E-state index contributed by atoms with van der Waals surface area (Å²) in [5.41, 5.74) is 21.6. The quantitative estimate of drug-likeness (QED) is 0.156. The third-order valence-electron chi connectivity index (χ3n) is 13.5. The predicted octanol–water partition coefficient (Wildman–Crippen LogP) is 16.0. The fourth-order valence-corrected chi connectivity index (χ4v) is 10.7. The summed E-state index contributed by atoms with van der Waals surface area (Å²) in [5, 5.41) is 1.29. The van der Waals surface area contributed by atoms with Crippen molar-refractivity contribution in [2.75, 3.05) is 4.90 Å². The number of para-hydroxylation sites is 1. The Hall–Kier alpha value is -7.94. The Labute approximate surface area is 369 Å². The summed E-state index contributed by atoms with van der Waals surface area (Å²) in [7, 11) is 0. The van der Waals surface area contributed by atoms with Crippen molar-refractivity contribution in [3.05, 3.63) is 264 Å². The number of allylic oxidation sites excluding steroid dienone is 2. The van der Waals surface area contributed by atoms with Crippen molar-refractivity contribution in [1.82, 2.24) is 4.40 Å². The molecule has 2 aromatic heterocycles. The van der Waals surface area contributed by atoms with E-state index in [2.05, 4.69) is 253 Å². The Balaban J connectivity index is 1.06. The Bertz CT molecular complexity index is 3370. The fraction of sp³-hybridized carbons (Fsp3) is 0.0492. The summed E-state index contributed by atoms with van der Waals surface area (Å²) >= 11 is 0. The van der Waals surface area contributed by atoms with Crippen LogP contribution in [0.1, 0.15) is 45.4 Å². The second-order valence-corrected chi connectivity index (χ2v) is 16.8. The molecule has 2 aliphatic rings. The lowest BCUT2D eigenvalue weighted by atomic mass is 9.67. The maximum atomic E-state index is 2.46. The molecule has 63 heavy (non-hydrogen) atoms. The van der Waals surface area contributed by atoms with Gasteiger partial charge in [0.15, 0.2) is 0 Å². The molecule has 0 N–H and O–H groups in total. The molecule has 2 nitrogen and oxygen atoms in total. The van der Waals surface area contributed by atoms with Crippen LogP contribution in [0, 0.1) is 6.92 Å². The highest BCUT2D eigenvalue weighted by atomic mass is 15.1. The molecule has 0 amide bonds. The average molecular weight is 805 g/mol. The zero-order valence-electron chi connectivity index (χ0n) is 35.1. The monoisotopic (exact) mass is 804 g/mol. The van der Waals surface area contributed by atoms with E-state index in [9.17, 15) is 0 Å². The molecule has 10 aromatic rings. The molecule has 12 rings (SSSR count). The Morgan fingerprint density at radius 1 is 0.476 bits per heavy atom. The number of anilines is 3. The summed E-state index contributed by atoms with van der Waals surface area (Å²) in [6.07, 6.45) is 12.4. The standard InChI is InChI=1S/C61H44N2/c1-42-50(45-35-39-57-59(44-21-8-2-9-22-44)60-51-29-16-3-7-20-43(51)34-38-58(60)62(57)41-45)31-19-33-56(42)63(48-27-14-6-15-28-48)49-36-37-53-52-30-17-18-32-54(52)61(55(53)40-49,46-23-10-4-11-24-46)47-25-12-5-13-26-47/h2,4-41H,3H2,1H3. The predicted molar refractivity (Wildman–Crippen MR) is 265 cm³/mol. The number of aromatic nitrogens is 1. The molecule has 298 valence electrons. The van der Waals surface area contributed by atoms with Crippen LogP contribution in [0.5, 0.6) is 0 Å². The van der Waals surface area contributed by atoms with Gasteiger partial charge in [0.2, 0.25) is 0 Å². The first-order valence-electron chi connectivity index (χ1n) is 22.0. The summed E-state index contributed by atoms with van der Waals surface area (Å²) in [4.78, 5) is 2.45. The molecule has 0 unspecified atom stereocenters. The summed E-state index contributed by atoms with van der Waals surface area (Å²) < 4.78 is 2.42. The van der Waals surface area contributed by atoms with Crippen molar-refractivity contribution in [2.24, 2.45) is 0 Å². The van der Waals surface area contributed by atoms with Crippen LogP contribution in [-0.4, -0.2) is 4.40 Å². The minimum absolute atomic E-state index is 0.498. The highest BCUT2D eigenvalue weighted by molar-refractivity contribution is 6.11. The normalized spacial score (nSPS) is 13.4. The van der Waals surface area contributed by atoms with Gasteiger partial charge in [-0.3, -0.25) is 0 Å². The molecule has 0 aliphatic heterocycles. The number of hydrogen-bond acceptors (Lipinski definition) is 1. The van der Waals surface area contributed by atoms with E-state index < -0.39 is 5.41 Å². The van der Waals surface area contributed by atoms with Gasteiger partial charge < -0.3 is 9.30 Å². The molecule has 0 fully saturated rings. The van der Waals surface area contributed by atoms with E-state index in [1.54, 1.807) is 0 Å². The first-order valence-corrected chi connectivity index (χ1v) is 22.0. The largest absolute Gasteiger partial charge is 0.315 e. The molecule has 0 spiro atoms. The number of pyridine rings is 1. The van der Waals surface area contributed by atoms with Crippen molar-refractivity contribution in [3.8, 4) is 33.4 Å². The number of hydrogen-bond donors (Lipinski definition) is 0. The van der Waals surface area contributed by atoms with Gasteiger partial charge in [0.25, 0.3) is 0 Å². The summed E-state index contributed by atoms with van der Waals surface area (Å²) in [6, 6.07) is 76.0. The number of rotatable bonds is 7. The van der Waals surface area contributed by atoms with Crippen LogP contribution in [0.3, 0.4) is 0 Å². The van der Waals surface area contributed by atoms with E-state index in [4.69, 9.17) is 0 Å². The molecular formula is C61H44N2. The summed E-state index contributed by atoms with van der Waals surface area (Å²) in [6.45, 7) is 2.28. The maximum absolute atomic E-state index is 2.46. The van der Waals surface area contributed by atoms with Gasteiger partial charge in [-0.05, 0) is 123 Å². The van der Waals surface area contributed by atoms with E-state index in [0.29, 0.717) is 0 Å². The van der Waals surface area contributed by atoms with Crippen LogP contribution in [0.2, 0.25) is 0 Å². The Morgan fingerprint density at radius 3 is 1.87 bits per heavy atom. The third-order valence-corrected chi connectivity index (χ3v) is 13.5. The van der Waals surface area contributed by atoms with Crippen LogP contribution < -0.4 is 4.90 Å². The first kappa shape index (κ1) is 36.9. The zero-order valence-corrected chi connectivity index (χ0v) is 35.1. The van der Waals surface area contributed by atoms with Crippen LogP contribution in [-0.2, 0) is 5.41 Å². The first-order chi connectivity index (χ1) is 31.2. The van der Waals surface area contributed by atoms with E-state index in [1.165, 1.54) is 88.7 Å². The lowest BCUT2D eigenvalue weighted by molar-refractivity contribution is 0.768. The Kier molecular flexibility index (Phi) is 8.72. The van der Waals surface area contributed by atoms with Crippen molar-refractivity contribution in [3.63, 3.8) is 0 Å². The van der Waals surface area contributed by atoms with Gasteiger partial charge in [0, 0.05) is 34.2 Å². The van der Waals surface area contributed by atoms with Crippen molar-refractivity contribution >= 4 is 45.6 Å². The lowest BCUT2D eigenvalue weighted by Gasteiger charge is -2.35. The molecule has 0 atom stereocenters. The molecular weight excluding hydrogens is 761 g/mol. The van der Waals surface area contributed by atoms with Gasteiger partial charge >= 0.3 is 0 Å². The van der Waals surface area contributed by atoms with E-state index >= 15 is 0 Å². The zero-order chi connectivity index (χ0) is 41.9. The molecule has 2 heterocycles. The fourth-order valence-electron chi connectivity index (χ4n) is 10.7. The highest BCUT2D eigenvalue weighted by Gasteiger charge is 2.46. The van der Waals surface area contributed by atoms with Crippen molar-refractivity contribution in [1.29, 1.82) is 0 Å². The lowest BCUT2D eigenvalue weighted by Crippen LogP contribution is -2.28. The third kappa shape index (κ3) is 5.72. The van der Waals surface area contributed by atoms with Gasteiger partial charge in [-0.15, -0.1) is 0 Å². The molecule has 8 aromatic carbocycles. The van der Waals surface area contributed by atoms with Gasteiger partial charge in [0.1, 0.15) is 0 Å². The summed E-state index contributed by atoms with van der Waals surface area (Å²) in [5.74, 6) is 0. The highest BCUT2D eigenvalue weighted by Crippen LogP contribution is 2.57. The van der Waals surface area contributed by atoms with Crippen LogP contribution in [0.25, 0.3) is 62.0 Å². The van der Waals surface area contributed by atoms with E-state index in [1.807, 2.05) is 0 Å². The molecule has 0 radical (unpaired) electrons. The molecule has 2 heteroatoms. The van der Waals surface area contributed by atoms with Crippen molar-refractivity contribution < 1.29 is 0 Å². The Morgan fingerprint density at radius 2 is 1.11 bits per heavy atom. The minimum atomic E-state index is -0.498. The second kappa shape index (κ2) is 14.9. The van der Waals surface area contributed by atoms with Crippen LogP contribution >= 0.6 is 0 Å². The van der Waals surface area contributed by atoms with Crippen LogP contribution in [0.4, 0.5) is 17.1 Å². The SMILES string of the molecule is Cc1c(-c2ccc3c(-c4ccccc4)c4c5c(ccc4n3c2)C=CCC=C5)cccc1N(c1ccccc1)c1ccc2c(c1)C(c1ccccc1)(c1ccccc1)c1ccccc1-2. The second-order valence-electron chi connectivity index (χ2n) is 16.8. The molecule has 2 aliphatic carbocycles.